The standard InChI is InChI=1S/C17H25N3O2S/c1-12-10-23-16(19-12)20-8-6-14(7-9-20)18-11-17(3,21)15-5-4-13(2)22-15/h4-5,10,14,18,21H,6-9,11H2,1-3H3. The van der Waals surface area contributed by atoms with Crippen molar-refractivity contribution in [3.63, 3.8) is 0 Å². The van der Waals surface area contributed by atoms with Gasteiger partial charge in [0.25, 0.3) is 0 Å². The number of thiazole rings is 1. The van der Waals surface area contributed by atoms with Crippen LogP contribution in [0.2, 0.25) is 0 Å². The molecule has 23 heavy (non-hydrogen) atoms. The van der Waals surface area contributed by atoms with Gasteiger partial charge in [-0.2, -0.15) is 0 Å². The number of aromatic nitrogens is 1. The molecule has 1 aliphatic heterocycles. The van der Waals surface area contributed by atoms with Crippen molar-refractivity contribution in [2.24, 2.45) is 0 Å². The van der Waals surface area contributed by atoms with Crippen molar-refractivity contribution >= 4 is 16.5 Å². The van der Waals surface area contributed by atoms with E-state index in [4.69, 9.17) is 4.42 Å². The number of nitrogens with zero attached hydrogens (tertiary/aromatic N) is 2. The molecule has 1 unspecified atom stereocenters. The molecule has 2 N–H and O–H groups in total. The van der Waals surface area contributed by atoms with E-state index >= 15 is 0 Å². The number of aliphatic hydroxyl groups is 1. The van der Waals surface area contributed by atoms with Crippen molar-refractivity contribution in [2.75, 3.05) is 24.5 Å². The van der Waals surface area contributed by atoms with E-state index in [-0.39, 0.29) is 0 Å². The van der Waals surface area contributed by atoms with Gasteiger partial charge in [0.2, 0.25) is 0 Å². The van der Waals surface area contributed by atoms with Crippen molar-refractivity contribution in [3.05, 3.63) is 34.7 Å². The SMILES string of the molecule is Cc1csc(N2CCC(NCC(C)(O)c3ccc(C)o3)CC2)n1. The van der Waals surface area contributed by atoms with Crippen molar-refractivity contribution in [1.29, 1.82) is 0 Å². The molecule has 0 spiro atoms. The number of rotatable bonds is 5. The van der Waals surface area contributed by atoms with Crippen LogP contribution in [0, 0.1) is 13.8 Å². The summed E-state index contributed by atoms with van der Waals surface area (Å²) in [6, 6.07) is 4.16. The highest BCUT2D eigenvalue weighted by Crippen LogP contribution is 2.25. The van der Waals surface area contributed by atoms with Crippen LogP contribution in [0.5, 0.6) is 0 Å². The van der Waals surface area contributed by atoms with Gasteiger partial charge in [-0.25, -0.2) is 4.98 Å². The summed E-state index contributed by atoms with van der Waals surface area (Å²) in [6.07, 6.45) is 2.12. The molecule has 3 rings (SSSR count). The molecule has 0 aliphatic carbocycles. The van der Waals surface area contributed by atoms with Crippen LogP contribution in [0.15, 0.2) is 21.9 Å². The van der Waals surface area contributed by atoms with Crippen LogP contribution in [0.25, 0.3) is 0 Å². The van der Waals surface area contributed by atoms with Crippen LogP contribution in [-0.4, -0.2) is 35.8 Å². The highest BCUT2D eigenvalue weighted by molar-refractivity contribution is 7.13. The van der Waals surface area contributed by atoms with E-state index in [2.05, 4.69) is 20.6 Å². The maximum atomic E-state index is 10.6. The van der Waals surface area contributed by atoms with Crippen LogP contribution in [0.1, 0.15) is 37.0 Å². The van der Waals surface area contributed by atoms with Gasteiger partial charge in [-0.15, -0.1) is 11.3 Å². The van der Waals surface area contributed by atoms with Gasteiger partial charge in [0.05, 0.1) is 5.69 Å². The van der Waals surface area contributed by atoms with Gasteiger partial charge in [0.1, 0.15) is 17.1 Å². The molecular formula is C17H25N3O2S. The molecule has 1 aliphatic rings. The van der Waals surface area contributed by atoms with Gasteiger partial charge in [-0.3, -0.25) is 0 Å². The lowest BCUT2D eigenvalue weighted by Crippen LogP contribution is -2.46. The molecule has 0 radical (unpaired) electrons. The van der Waals surface area contributed by atoms with Crippen LogP contribution in [0.3, 0.4) is 0 Å². The zero-order valence-electron chi connectivity index (χ0n) is 14.0. The normalized spacial score (nSPS) is 19.0. The Morgan fingerprint density at radius 2 is 2.13 bits per heavy atom. The lowest BCUT2D eigenvalue weighted by Gasteiger charge is -2.33. The van der Waals surface area contributed by atoms with Gasteiger partial charge in [0, 0.05) is 31.1 Å². The summed E-state index contributed by atoms with van der Waals surface area (Å²) in [4.78, 5) is 6.91. The predicted octanol–water partition coefficient (Wildman–Crippen LogP) is 2.82. The first-order valence-electron chi connectivity index (χ1n) is 8.14. The lowest BCUT2D eigenvalue weighted by molar-refractivity contribution is 0.0300. The molecule has 0 bridgehead atoms. The molecular weight excluding hydrogens is 310 g/mol. The maximum absolute atomic E-state index is 10.6. The predicted molar refractivity (Wildman–Crippen MR) is 93.1 cm³/mol. The van der Waals surface area contributed by atoms with Crippen LogP contribution in [-0.2, 0) is 5.60 Å². The van der Waals surface area contributed by atoms with Gasteiger partial charge in [-0.05, 0) is 45.7 Å². The summed E-state index contributed by atoms with van der Waals surface area (Å²) in [7, 11) is 0. The summed E-state index contributed by atoms with van der Waals surface area (Å²) >= 11 is 1.72. The average Bonchev–Trinajstić information content (AvgIpc) is 3.15. The second-order valence-electron chi connectivity index (χ2n) is 6.60. The van der Waals surface area contributed by atoms with Gasteiger partial charge < -0.3 is 19.7 Å². The quantitative estimate of drug-likeness (QED) is 0.880. The van der Waals surface area contributed by atoms with E-state index in [1.807, 2.05) is 26.0 Å². The first kappa shape index (κ1) is 16.5. The smallest absolute Gasteiger partial charge is 0.185 e. The summed E-state index contributed by atoms with van der Waals surface area (Å²) in [5.41, 5.74) is 0.118. The van der Waals surface area contributed by atoms with E-state index in [0.29, 0.717) is 18.3 Å². The molecule has 5 nitrogen and oxygen atoms in total. The molecule has 1 atom stereocenters. The second kappa shape index (κ2) is 6.63. The third-order valence-corrected chi connectivity index (χ3v) is 5.40. The topological polar surface area (TPSA) is 61.5 Å². The fraction of sp³-hybridized carbons (Fsp3) is 0.588. The molecule has 2 aromatic heterocycles. The molecule has 0 amide bonds. The molecule has 1 fully saturated rings. The second-order valence-corrected chi connectivity index (χ2v) is 7.43. The maximum Gasteiger partial charge on any atom is 0.185 e. The Bertz CT molecular complexity index is 642. The summed E-state index contributed by atoms with van der Waals surface area (Å²) in [5, 5.41) is 17.3. The third kappa shape index (κ3) is 3.94. The number of anilines is 1. The Balaban J connectivity index is 1.49. The molecule has 2 aromatic rings. The van der Waals surface area contributed by atoms with Gasteiger partial charge >= 0.3 is 0 Å². The Hall–Kier alpha value is -1.37. The van der Waals surface area contributed by atoms with Crippen LogP contribution in [0.4, 0.5) is 5.13 Å². The summed E-state index contributed by atoms with van der Waals surface area (Å²) in [6.45, 7) is 8.24. The monoisotopic (exact) mass is 335 g/mol. The number of nitrogens with one attached hydrogen (secondary N) is 1. The Kier molecular flexibility index (Phi) is 4.75. The van der Waals surface area contributed by atoms with Crippen molar-refractivity contribution in [3.8, 4) is 0 Å². The fourth-order valence-corrected chi connectivity index (χ4v) is 3.77. The fourth-order valence-electron chi connectivity index (χ4n) is 2.92. The minimum atomic E-state index is -0.974. The molecule has 1 saturated heterocycles. The van der Waals surface area contributed by atoms with E-state index in [0.717, 1.165) is 42.5 Å². The van der Waals surface area contributed by atoms with Crippen molar-refractivity contribution in [2.45, 2.75) is 45.3 Å². The van der Waals surface area contributed by atoms with Crippen LogP contribution >= 0.6 is 11.3 Å². The van der Waals surface area contributed by atoms with E-state index < -0.39 is 5.60 Å². The highest BCUT2D eigenvalue weighted by Gasteiger charge is 2.29. The van der Waals surface area contributed by atoms with E-state index in [1.54, 1.807) is 18.3 Å². The van der Waals surface area contributed by atoms with Crippen molar-refractivity contribution in [1.82, 2.24) is 10.3 Å². The Morgan fingerprint density at radius 3 is 2.70 bits per heavy atom. The first-order chi connectivity index (χ1) is 10.9. The zero-order chi connectivity index (χ0) is 16.4. The Labute approximate surface area is 141 Å². The number of aryl methyl sites for hydroxylation is 2. The first-order valence-corrected chi connectivity index (χ1v) is 9.02. The van der Waals surface area contributed by atoms with Crippen LogP contribution < -0.4 is 10.2 Å². The lowest BCUT2D eigenvalue weighted by atomic mass is 10.0. The third-order valence-electron chi connectivity index (χ3n) is 4.38. The summed E-state index contributed by atoms with van der Waals surface area (Å²) < 4.78 is 5.56. The largest absolute Gasteiger partial charge is 0.463 e. The minimum Gasteiger partial charge on any atom is -0.463 e. The number of hydrogen-bond acceptors (Lipinski definition) is 6. The summed E-state index contributed by atoms with van der Waals surface area (Å²) in [5.74, 6) is 1.45. The van der Waals surface area contributed by atoms with E-state index in [9.17, 15) is 5.11 Å². The molecule has 6 heteroatoms. The average molecular weight is 335 g/mol. The minimum absolute atomic E-state index is 0.426. The number of piperidine rings is 1. The Morgan fingerprint density at radius 1 is 1.39 bits per heavy atom. The van der Waals surface area contributed by atoms with E-state index in [1.165, 1.54) is 0 Å². The molecule has 0 aromatic carbocycles. The van der Waals surface area contributed by atoms with Gasteiger partial charge in [0.15, 0.2) is 5.13 Å². The number of hydrogen-bond donors (Lipinski definition) is 2. The number of furan rings is 1. The molecule has 3 heterocycles. The highest BCUT2D eigenvalue weighted by atomic mass is 32.1. The van der Waals surface area contributed by atoms with Gasteiger partial charge in [-0.1, -0.05) is 0 Å². The zero-order valence-corrected chi connectivity index (χ0v) is 14.8. The molecule has 0 saturated carbocycles. The van der Waals surface area contributed by atoms with Crippen molar-refractivity contribution < 1.29 is 9.52 Å². The molecule has 126 valence electrons.